The first-order valence-corrected chi connectivity index (χ1v) is 8.48. The monoisotopic (exact) mass is 307 g/mol. The molecule has 6 heteroatoms. The minimum absolute atomic E-state index is 0.0816. The van der Waals surface area contributed by atoms with Gasteiger partial charge in [0, 0.05) is 11.1 Å². The number of hydrogen-bond acceptors (Lipinski definition) is 5. The number of carbonyl (C=O) groups is 1. The van der Waals surface area contributed by atoms with Gasteiger partial charge in [-0.1, -0.05) is 24.8 Å². The number of nitrogens with one attached hydrogen (secondary N) is 1. The predicted molar refractivity (Wildman–Crippen MR) is 83.4 cm³/mol. The molecule has 1 N–H and O–H groups in total. The Morgan fingerprint density at radius 3 is 2.85 bits per heavy atom. The number of rotatable bonds is 5. The first-order chi connectivity index (χ1) is 9.63. The number of pyridine rings is 1. The van der Waals surface area contributed by atoms with Gasteiger partial charge in [0.05, 0.1) is 11.7 Å². The fourth-order valence-electron chi connectivity index (χ4n) is 1.83. The van der Waals surface area contributed by atoms with Gasteiger partial charge in [0.25, 0.3) is 5.91 Å². The summed E-state index contributed by atoms with van der Waals surface area (Å²) in [5.41, 5.74) is 2.32. The van der Waals surface area contributed by atoms with E-state index in [0.29, 0.717) is 5.69 Å². The van der Waals surface area contributed by atoms with Crippen LogP contribution in [0.15, 0.2) is 27.9 Å². The molecule has 1 unspecified atom stereocenters. The Bertz CT molecular complexity index is 598. The largest absolute Gasteiger partial charge is 0.342 e. The normalized spacial score (nSPS) is 12.2. The second-order valence-electron chi connectivity index (χ2n) is 4.34. The predicted octanol–water partition coefficient (Wildman–Crippen LogP) is 3.45. The van der Waals surface area contributed by atoms with E-state index in [9.17, 15) is 4.79 Å². The van der Waals surface area contributed by atoms with Crippen molar-refractivity contribution in [1.82, 2.24) is 15.3 Å². The third-order valence-electron chi connectivity index (χ3n) is 2.87. The average Bonchev–Trinajstić information content (AvgIpc) is 2.93. The van der Waals surface area contributed by atoms with Gasteiger partial charge >= 0.3 is 0 Å². The van der Waals surface area contributed by atoms with E-state index in [0.717, 1.165) is 22.1 Å². The summed E-state index contributed by atoms with van der Waals surface area (Å²) in [6.45, 7) is 3.98. The lowest BCUT2D eigenvalue weighted by molar-refractivity contribution is 0.0930. The van der Waals surface area contributed by atoms with Gasteiger partial charge in [-0.05, 0) is 31.7 Å². The smallest absolute Gasteiger partial charge is 0.271 e. The summed E-state index contributed by atoms with van der Waals surface area (Å²) in [5.74, 6) is -0.142. The van der Waals surface area contributed by atoms with Gasteiger partial charge in [-0.3, -0.25) is 9.78 Å². The number of hydrogen-bond donors (Lipinski definition) is 1. The van der Waals surface area contributed by atoms with Crippen molar-refractivity contribution in [2.24, 2.45) is 0 Å². The molecular formula is C14H17N3OS2. The fraction of sp³-hybridized carbons (Fsp3) is 0.357. The first kappa shape index (κ1) is 15.0. The van der Waals surface area contributed by atoms with E-state index in [1.807, 2.05) is 38.3 Å². The standard InChI is InChI=1S/C14H17N3OS2/c1-4-10(11-7-5-6-9(2)15-11)16-13(18)12-8-20-14(17-12)19-3/h5-8,10H,4H2,1-3H3,(H,16,18). The van der Waals surface area contributed by atoms with E-state index in [-0.39, 0.29) is 11.9 Å². The van der Waals surface area contributed by atoms with E-state index >= 15 is 0 Å². The van der Waals surface area contributed by atoms with Gasteiger partial charge in [-0.15, -0.1) is 11.3 Å². The topological polar surface area (TPSA) is 54.9 Å². The highest BCUT2D eigenvalue weighted by Crippen LogP contribution is 2.21. The number of nitrogens with zero attached hydrogens (tertiary/aromatic N) is 2. The SMILES string of the molecule is CCC(NC(=O)c1csc(SC)n1)c1cccc(C)n1. The fourth-order valence-corrected chi connectivity index (χ4v) is 3.07. The highest BCUT2D eigenvalue weighted by molar-refractivity contribution is 8.00. The van der Waals surface area contributed by atoms with Crippen molar-refractivity contribution in [2.75, 3.05) is 6.26 Å². The van der Waals surface area contributed by atoms with E-state index in [1.165, 1.54) is 11.3 Å². The zero-order chi connectivity index (χ0) is 14.5. The van der Waals surface area contributed by atoms with Gasteiger partial charge in [0.15, 0.2) is 0 Å². The van der Waals surface area contributed by atoms with Crippen LogP contribution in [-0.4, -0.2) is 22.1 Å². The second kappa shape index (κ2) is 6.85. The zero-order valence-corrected chi connectivity index (χ0v) is 13.3. The molecule has 0 aliphatic carbocycles. The molecule has 0 aliphatic rings. The summed E-state index contributed by atoms with van der Waals surface area (Å²) in [6.07, 6.45) is 2.74. The number of carbonyl (C=O) groups excluding carboxylic acids is 1. The van der Waals surface area contributed by atoms with Crippen LogP contribution in [0.2, 0.25) is 0 Å². The summed E-state index contributed by atoms with van der Waals surface area (Å²) in [7, 11) is 0. The summed E-state index contributed by atoms with van der Waals surface area (Å²) in [6, 6.07) is 5.77. The number of aryl methyl sites for hydroxylation is 1. The van der Waals surface area contributed by atoms with Crippen molar-refractivity contribution in [3.63, 3.8) is 0 Å². The molecule has 0 saturated heterocycles. The molecule has 2 rings (SSSR count). The minimum atomic E-state index is -0.142. The molecule has 106 valence electrons. The van der Waals surface area contributed by atoms with Crippen LogP contribution in [0.3, 0.4) is 0 Å². The third-order valence-corrected chi connectivity index (χ3v) is 4.73. The summed E-state index contributed by atoms with van der Waals surface area (Å²) in [4.78, 5) is 20.9. The quantitative estimate of drug-likeness (QED) is 0.860. The molecule has 0 saturated carbocycles. The van der Waals surface area contributed by atoms with Crippen molar-refractivity contribution in [3.05, 3.63) is 40.7 Å². The van der Waals surface area contributed by atoms with Crippen molar-refractivity contribution in [3.8, 4) is 0 Å². The average molecular weight is 307 g/mol. The van der Waals surface area contributed by atoms with E-state index < -0.39 is 0 Å². The highest BCUT2D eigenvalue weighted by atomic mass is 32.2. The van der Waals surface area contributed by atoms with E-state index in [1.54, 1.807) is 17.1 Å². The Labute approximate surface area is 127 Å². The molecule has 0 radical (unpaired) electrons. The molecule has 2 heterocycles. The van der Waals surface area contributed by atoms with Crippen LogP contribution in [0.1, 0.15) is 41.3 Å². The summed E-state index contributed by atoms with van der Waals surface area (Å²) < 4.78 is 0.900. The molecule has 2 aromatic heterocycles. The van der Waals surface area contributed by atoms with Crippen LogP contribution < -0.4 is 5.32 Å². The van der Waals surface area contributed by atoms with Crippen LogP contribution in [0.25, 0.3) is 0 Å². The third kappa shape index (κ3) is 3.58. The molecule has 0 spiro atoms. The first-order valence-electron chi connectivity index (χ1n) is 6.38. The molecule has 4 nitrogen and oxygen atoms in total. The Kier molecular flexibility index (Phi) is 5.14. The van der Waals surface area contributed by atoms with Crippen molar-refractivity contribution in [1.29, 1.82) is 0 Å². The molecule has 0 aliphatic heterocycles. The van der Waals surface area contributed by atoms with Crippen LogP contribution in [-0.2, 0) is 0 Å². The Balaban J connectivity index is 2.11. The van der Waals surface area contributed by atoms with Crippen LogP contribution >= 0.6 is 23.1 Å². The van der Waals surface area contributed by atoms with Crippen LogP contribution in [0, 0.1) is 6.92 Å². The second-order valence-corrected chi connectivity index (χ2v) is 6.25. The summed E-state index contributed by atoms with van der Waals surface area (Å²) >= 11 is 3.03. The Morgan fingerprint density at radius 1 is 1.45 bits per heavy atom. The molecule has 1 atom stereocenters. The zero-order valence-electron chi connectivity index (χ0n) is 11.7. The molecule has 0 aromatic carbocycles. The van der Waals surface area contributed by atoms with Gasteiger partial charge in [0.1, 0.15) is 10.0 Å². The summed E-state index contributed by atoms with van der Waals surface area (Å²) in [5, 5.41) is 4.79. The number of thiazole rings is 1. The van der Waals surface area contributed by atoms with Crippen molar-refractivity contribution < 1.29 is 4.79 Å². The lowest BCUT2D eigenvalue weighted by atomic mass is 10.1. The van der Waals surface area contributed by atoms with Crippen molar-refractivity contribution in [2.45, 2.75) is 30.6 Å². The number of thioether (sulfide) groups is 1. The van der Waals surface area contributed by atoms with Crippen LogP contribution in [0.5, 0.6) is 0 Å². The van der Waals surface area contributed by atoms with Gasteiger partial charge in [-0.25, -0.2) is 4.98 Å². The van der Waals surface area contributed by atoms with Gasteiger partial charge in [0.2, 0.25) is 0 Å². The maximum Gasteiger partial charge on any atom is 0.271 e. The van der Waals surface area contributed by atoms with Gasteiger partial charge < -0.3 is 5.32 Å². The van der Waals surface area contributed by atoms with Gasteiger partial charge in [-0.2, -0.15) is 0 Å². The molecular weight excluding hydrogens is 290 g/mol. The maximum atomic E-state index is 12.2. The molecule has 0 fully saturated rings. The van der Waals surface area contributed by atoms with E-state index in [4.69, 9.17) is 0 Å². The number of amides is 1. The molecule has 2 aromatic rings. The maximum absolute atomic E-state index is 12.2. The van der Waals surface area contributed by atoms with Crippen molar-refractivity contribution >= 4 is 29.0 Å². The minimum Gasteiger partial charge on any atom is -0.342 e. The number of aromatic nitrogens is 2. The lowest BCUT2D eigenvalue weighted by Gasteiger charge is -2.16. The molecule has 0 bridgehead atoms. The Hall–Kier alpha value is -1.40. The van der Waals surface area contributed by atoms with Crippen LogP contribution in [0.4, 0.5) is 0 Å². The molecule has 20 heavy (non-hydrogen) atoms. The van der Waals surface area contributed by atoms with E-state index in [2.05, 4.69) is 15.3 Å². The molecule has 1 amide bonds. The highest BCUT2D eigenvalue weighted by Gasteiger charge is 2.17. The lowest BCUT2D eigenvalue weighted by Crippen LogP contribution is -2.29. The Morgan fingerprint density at radius 2 is 2.25 bits per heavy atom.